The normalized spacial score (nSPS) is 20.8. The molecule has 1 fully saturated rings. The van der Waals surface area contributed by atoms with Crippen LogP contribution in [-0.4, -0.2) is 38.9 Å². The first-order valence-electron chi connectivity index (χ1n) is 6.22. The molecular weight excluding hydrogens is 246 g/mol. The van der Waals surface area contributed by atoms with Crippen molar-refractivity contribution in [3.63, 3.8) is 0 Å². The molecule has 0 aliphatic heterocycles. The van der Waals surface area contributed by atoms with Crippen molar-refractivity contribution in [1.82, 2.24) is 0 Å². The summed E-state index contributed by atoms with van der Waals surface area (Å²) < 4.78 is 10.5. The van der Waals surface area contributed by atoms with Gasteiger partial charge in [0, 0.05) is 25.3 Å². The summed E-state index contributed by atoms with van der Waals surface area (Å²) in [6, 6.07) is 5.70. The van der Waals surface area contributed by atoms with E-state index in [2.05, 4.69) is 4.90 Å². The predicted octanol–water partition coefficient (Wildman–Crippen LogP) is 1.86. The van der Waals surface area contributed by atoms with Crippen LogP contribution in [0.3, 0.4) is 0 Å². The number of benzene rings is 1. The lowest BCUT2D eigenvalue weighted by atomic mass is 10.2. The van der Waals surface area contributed by atoms with Crippen LogP contribution in [0.4, 0.5) is 5.69 Å². The minimum Gasteiger partial charge on any atom is -0.493 e. The Morgan fingerprint density at radius 2 is 2.05 bits per heavy atom. The van der Waals surface area contributed by atoms with E-state index in [1.54, 1.807) is 14.2 Å². The highest BCUT2D eigenvalue weighted by molar-refractivity contribution is 5.73. The van der Waals surface area contributed by atoms with Crippen LogP contribution in [0.2, 0.25) is 0 Å². The number of anilines is 1. The molecule has 0 heterocycles. The van der Waals surface area contributed by atoms with Gasteiger partial charge in [0.15, 0.2) is 11.5 Å². The third-order valence-electron chi connectivity index (χ3n) is 3.56. The molecule has 0 amide bonds. The SMILES string of the molecule is COc1ccc(N(C)CC2CC2C(=O)O)cc1OC. The van der Waals surface area contributed by atoms with Gasteiger partial charge in [0.1, 0.15) is 0 Å². The Bertz CT molecular complexity index is 475. The number of carboxylic acids is 1. The second kappa shape index (κ2) is 5.38. The van der Waals surface area contributed by atoms with Gasteiger partial charge in [0.25, 0.3) is 0 Å². The summed E-state index contributed by atoms with van der Waals surface area (Å²) >= 11 is 0. The zero-order valence-corrected chi connectivity index (χ0v) is 11.4. The maximum absolute atomic E-state index is 10.8. The summed E-state index contributed by atoms with van der Waals surface area (Å²) in [5.41, 5.74) is 0.994. The number of hydrogen-bond donors (Lipinski definition) is 1. The number of carbonyl (C=O) groups is 1. The topological polar surface area (TPSA) is 59.0 Å². The molecule has 19 heavy (non-hydrogen) atoms. The fourth-order valence-electron chi connectivity index (χ4n) is 2.27. The number of hydrogen-bond acceptors (Lipinski definition) is 4. The maximum atomic E-state index is 10.8. The number of nitrogens with zero attached hydrogens (tertiary/aromatic N) is 1. The van der Waals surface area contributed by atoms with Crippen LogP contribution in [0, 0.1) is 11.8 Å². The molecule has 1 saturated carbocycles. The van der Waals surface area contributed by atoms with E-state index in [0.717, 1.165) is 18.7 Å². The van der Waals surface area contributed by atoms with Gasteiger partial charge in [0.05, 0.1) is 20.1 Å². The van der Waals surface area contributed by atoms with Gasteiger partial charge in [-0.3, -0.25) is 4.79 Å². The summed E-state index contributed by atoms with van der Waals surface area (Å²) in [4.78, 5) is 12.9. The Labute approximate surface area is 112 Å². The van der Waals surface area contributed by atoms with E-state index >= 15 is 0 Å². The van der Waals surface area contributed by atoms with E-state index in [-0.39, 0.29) is 11.8 Å². The van der Waals surface area contributed by atoms with Crippen molar-refractivity contribution < 1.29 is 19.4 Å². The van der Waals surface area contributed by atoms with Crippen LogP contribution < -0.4 is 14.4 Å². The molecule has 0 aromatic heterocycles. The molecule has 1 aromatic carbocycles. The molecule has 5 heteroatoms. The van der Waals surface area contributed by atoms with Crippen LogP contribution in [0.1, 0.15) is 6.42 Å². The zero-order valence-electron chi connectivity index (χ0n) is 11.4. The van der Waals surface area contributed by atoms with Crippen LogP contribution in [0.25, 0.3) is 0 Å². The smallest absolute Gasteiger partial charge is 0.306 e. The van der Waals surface area contributed by atoms with E-state index < -0.39 is 5.97 Å². The molecule has 104 valence electrons. The van der Waals surface area contributed by atoms with Crippen molar-refractivity contribution in [2.24, 2.45) is 11.8 Å². The Morgan fingerprint density at radius 3 is 2.58 bits per heavy atom. The monoisotopic (exact) mass is 265 g/mol. The summed E-state index contributed by atoms with van der Waals surface area (Å²) in [5.74, 6) is 0.746. The van der Waals surface area contributed by atoms with Gasteiger partial charge in [-0.15, -0.1) is 0 Å². The van der Waals surface area contributed by atoms with Gasteiger partial charge in [-0.05, 0) is 24.5 Å². The molecule has 0 spiro atoms. The highest BCUT2D eigenvalue weighted by atomic mass is 16.5. The van der Waals surface area contributed by atoms with Gasteiger partial charge >= 0.3 is 5.97 Å². The van der Waals surface area contributed by atoms with Crippen LogP contribution in [0.5, 0.6) is 11.5 Å². The zero-order chi connectivity index (χ0) is 14.0. The first-order chi connectivity index (χ1) is 9.06. The Kier molecular flexibility index (Phi) is 3.83. The molecule has 1 aromatic rings. The van der Waals surface area contributed by atoms with Crippen LogP contribution in [0.15, 0.2) is 18.2 Å². The standard InChI is InChI=1S/C14H19NO4/c1-15(8-9-6-11(9)14(16)17)10-4-5-12(18-2)13(7-10)19-3/h4-5,7,9,11H,6,8H2,1-3H3,(H,16,17). The van der Waals surface area contributed by atoms with Crippen molar-refractivity contribution in [2.45, 2.75) is 6.42 Å². The predicted molar refractivity (Wildman–Crippen MR) is 72.0 cm³/mol. The van der Waals surface area contributed by atoms with Crippen molar-refractivity contribution in [3.05, 3.63) is 18.2 Å². The minimum absolute atomic E-state index is 0.178. The first-order valence-corrected chi connectivity index (χ1v) is 6.22. The summed E-state index contributed by atoms with van der Waals surface area (Å²) in [6.45, 7) is 0.743. The fraction of sp³-hybridized carbons (Fsp3) is 0.500. The van der Waals surface area contributed by atoms with Crippen molar-refractivity contribution in [3.8, 4) is 11.5 Å². The summed E-state index contributed by atoms with van der Waals surface area (Å²) in [7, 11) is 5.16. The molecule has 0 bridgehead atoms. The molecule has 0 saturated heterocycles. The lowest BCUT2D eigenvalue weighted by Gasteiger charge is -2.20. The van der Waals surface area contributed by atoms with Crippen LogP contribution >= 0.6 is 0 Å². The number of methoxy groups -OCH3 is 2. The molecule has 2 atom stereocenters. The Morgan fingerprint density at radius 1 is 1.37 bits per heavy atom. The minimum atomic E-state index is -0.689. The first kappa shape index (κ1) is 13.5. The van der Waals surface area contributed by atoms with Gasteiger partial charge in [-0.25, -0.2) is 0 Å². The molecule has 0 radical (unpaired) electrons. The maximum Gasteiger partial charge on any atom is 0.306 e. The average molecular weight is 265 g/mol. The van der Waals surface area contributed by atoms with E-state index in [1.165, 1.54) is 0 Å². The van der Waals surface area contributed by atoms with Crippen LogP contribution in [-0.2, 0) is 4.79 Å². The van der Waals surface area contributed by atoms with Gasteiger partial charge in [0.2, 0.25) is 0 Å². The Balaban J connectivity index is 2.03. The number of ether oxygens (including phenoxy) is 2. The highest BCUT2D eigenvalue weighted by Crippen LogP contribution is 2.40. The van der Waals surface area contributed by atoms with Gasteiger partial charge in [-0.1, -0.05) is 0 Å². The van der Waals surface area contributed by atoms with Gasteiger partial charge in [-0.2, -0.15) is 0 Å². The molecule has 2 rings (SSSR count). The largest absolute Gasteiger partial charge is 0.493 e. The van der Waals surface area contributed by atoms with E-state index in [0.29, 0.717) is 11.5 Å². The van der Waals surface area contributed by atoms with E-state index in [1.807, 2.05) is 25.2 Å². The quantitative estimate of drug-likeness (QED) is 0.850. The molecule has 1 aliphatic rings. The highest BCUT2D eigenvalue weighted by Gasteiger charge is 2.43. The number of rotatable bonds is 6. The third kappa shape index (κ3) is 2.92. The second-order valence-electron chi connectivity index (χ2n) is 4.86. The molecular formula is C14H19NO4. The van der Waals surface area contributed by atoms with Crippen molar-refractivity contribution >= 4 is 11.7 Å². The summed E-state index contributed by atoms with van der Waals surface area (Å²) in [6.07, 6.45) is 0.771. The summed E-state index contributed by atoms with van der Waals surface area (Å²) in [5, 5.41) is 8.90. The van der Waals surface area contributed by atoms with E-state index in [9.17, 15) is 4.79 Å². The molecule has 2 unspecified atom stereocenters. The van der Waals surface area contributed by atoms with Crippen molar-refractivity contribution in [1.29, 1.82) is 0 Å². The third-order valence-corrected chi connectivity index (χ3v) is 3.56. The number of carboxylic acid groups (broad SMARTS) is 1. The number of aliphatic carboxylic acids is 1. The average Bonchev–Trinajstić information content (AvgIpc) is 3.17. The fourth-order valence-corrected chi connectivity index (χ4v) is 2.27. The van der Waals surface area contributed by atoms with Gasteiger partial charge < -0.3 is 19.5 Å². The lowest BCUT2D eigenvalue weighted by molar-refractivity contribution is -0.138. The van der Waals surface area contributed by atoms with Crippen molar-refractivity contribution in [2.75, 3.05) is 32.7 Å². The Hall–Kier alpha value is -1.91. The molecule has 1 aliphatic carbocycles. The second-order valence-corrected chi connectivity index (χ2v) is 4.86. The molecule has 5 nitrogen and oxygen atoms in total. The van der Waals surface area contributed by atoms with E-state index in [4.69, 9.17) is 14.6 Å². The molecule has 1 N–H and O–H groups in total. The lowest BCUT2D eigenvalue weighted by Crippen LogP contribution is -2.21.